The molecule has 0 aromatic rings. The molecule has 20 heavy (non-hydrogen) atoms. The van der Waals surface area contributed by atoms with Gasteiger partial charge in [0.2, 0.25) is 11.8 Å². The number of carbonyl (C=O) groups is 2. The lowest BCUT2D eigenvalue weighted by Gasteiger charge is -2.25. The van der Waals surface area contributed by atoms with Gasteiger partial charge in [-0.05, 0) is 25.8 Å². The van der Waals surface area contributed by atoms with Gasteiger partial charge in [0.15, 0.2) is 0 Å². The van der Waals surface area contributed by atoms with E-state index in [0.717, 1.165) is 13.0 Å². The number of nitrogens with two attached hydrogens (primary N) is 1. The fraction of sp³-hybridized carbons (Fsp3) is 0.857. The molecule has 0 aliphatic carbocycles. The number of nitrogens with zero attached hydrogens (tertiary/aromatic N) is 2. The average molecular weight is 283 g/mol. The highest BCUT2D eigenvalue weighted by molar-refractivity contribution is 5.89. The molecule has 0 radical (unpaired) electrons. The Balaban J connectivity index is 1.92. The zero-order valence-electron chi connectivity index (χ0n) is 12.4. The fourth-order valence-electron chi connectivity index (χ4n) is 3.21. The van der Waals surface area contributed by atoms with E-state index in [-0.39, 0.29) is 23.8 Å². The van der Waals surface area contributed by atoms with Crippen LogP contribution >= 0.6 is 0 Å². The highest BCUT2D eigenvalue weighted by Crippen LogP contribution is 2.27. The minimum absolute atomic E-state index is 0.0580. The molecule has 3 unspecified atom stereocenters. The van der Waals surface area contributed by atoms with E-state index in [0.29, 0.717) is 38.6 Å². The molecule has 0 aromatic carbocycles. The summed E-state index contributed by atoms with van der Waals surface area (Å²) in [5, 5.41) is 0. The van der Waals surface area contributed by atoms with E-state index < -0.39 is 0 Å². The van der Waals surface area contributed by atoms with Crippen molar-refractivity contribution >= 4 is 11.8 Å². The lowest BCUT2D eigenvalue weighted by atomic mass is 10.1. The van der Waals surface area contributed by atoms with Crippen molar-refractivity contribution < 1.29 is 14.3 Å². The number of likely N-dealkylation sites (tertiary alicyclic amines) is 2. The van der Waals surface area contributed by atoms with Gasteiger partial charge in [-0.1, -0.05) is 0 Å². The van der Waals surface area contributed by atoms with Crippen LogP contribution in [0.1, 0.15) is 19.8 Å². The summed E-state index contributed by atoms with van der Waals surface area (Å²) in [6.45, 7) is 5.03. The van der Waals surface area contributed by atoms with Crippen molar-refractivity contribution in [2.75, 3.05) is 39.9 Å². The Morgan fingerprint density at radius 1 is 1.45 bits per heavy atom. The van der Waals surface area contributed by atoms with Crippen LogP contribution in [0.25, 0.3) is 0 Å². The molecule has 0 bridgehead atoms. The highest BCUT2D eigenvalue weighted by Gasteiger charge is 2.40. The molecule has 2 N–H and O–H groups in total. The van der Waals surface area contributed by atoms with Crippen molar-refractivity contribution in [2.45, 2.75) is 25.8 Å². The Bertz CT molecular complexity index is 375. The summed E-state index contributed by atoms with van der Waals surface area (Å²) in [4.78, 5) is 28.1. The molecule has 2 aliphatic rings. The Morgan fingerprint density at radius 2 is 2.20 bits per heavy atom. The van der Waals surface area contributed by atoms with Gasteiger partial charge in [-0.25, -0.2) is 0 Å². The zero-order valence-corrected chi connectivity index (χ0v) is 12.4. The van der Waals surface area contributed by atoms with Crippen molar-refractivity contribution in [3.05, 3.63) is 0 Å². The normalized spacial score (nSPS) is 30.4. The number of rotatable bonds is 5. The quantitative estimate of drug-likeness (QED) is 0.750. The van der Waals surface area contributed by atoms with E-state index in [2.05, 4.69) is 6.92 Å². The number of carbonyl (C=O) groups excluding carboxylic acids is 2. The van der Waals surface area contributed by atoms with Crippen molar-refractivity contribution in [1.82, 2.24) is 9.80 Å². The molecule has 6 nitrogen and oxygen atoms in total. The smallest absolute Gasteiger partial charge is 0.228 e. The minimum atomic E-state index is -0.196. The number of hydrogen-bond donors (Lipinski definition) is 1. The fourth-order valence-corrected chi connectivity index (χ4v) is 3.21. The standard InChI is InChI=1S/C14H25N3O3/c1-10-5-11(7-15)8-17(10)14(19)12-6-13(18)16(9-12)3-4-20-2/h10-12H,3-9,15H2,1-2H3. The van der Waals surface area contributed by atoms with Gasteiger partial charge >= 0.3 is 0 Å². The number of hydrogen-bond acceptors (Lipinski definition) is 4. The topological polar surface area (TPSA) is 75.9 Å². The highest BCUT2D eigenvalue weighted by atomic mass is 16.5. The molecule has 2 heterocycles. The molecule has 2 aliphatic heterocycles. The molecule has 2 saturated heterocycles. The Hall–Kier alpha value is -1.14. The molecule has 2 amide bonds. The molecule has 0 saturated carbocycles. The van der Waals surface area contributed by atoms with Crippen LogP contribution in [0.3, 0.4) is 0 Å². The molecule has 0 aromatic heterocycles. The SMILES string of the molecule is COCCN1CC(C(=O)N2CC(CN)CC2C)CC1=O. The predicted molar refractivity (Wildman–Crippen MR) is 74.9 cm³/mol. The van der Waals surface area contributed by atoms with Gasteiger partial charge in [0.25, 0.3) is 0 Å². The lowest BCUT2D eigenvalue weighted by Crippen LogP contribution is -2.40. The maximum Gasteiger partial charge on any atom is 0.228 e. The van der Waals surface area contributed by atoms with E-state index in [1.165, 1.54) is 0 Å². The summed E-state index contributed by atoms with van der Waals surface area (Å²) in [5.41, 5.74) is 5.70. The molecular weight excluding hydrogens is 258 g/mol. The first-order valence-corrected chi connectivity index (χ1v) is 7.34. The van der Waals surface area contributed by atoms with Crippen molar-refractivity contribution in [3.8, 4) is 0 Å². The second-order valence-corrected chi connectivity index (χ2v) is 5.91. The van der Waals surface area contributed by atoms with Gasteiger partial charge in [-0.3, -0.25) is 9.59 Å². The second-order valence-electron chi connectivity index (χ2n) is 5.91. The number of amides is 2. The van der Waals surface area contributed by atoms with Crippen LogP contribution in [0.2, 0.25) is 0 Å². The van der Waals surface area contributed by atoms with Crippen molar-refractivity contribution in [1.29, 1.82) is 0 Å². The minimum Gasteiger partial charge on any atom is -0.383 e. The molecular formula is C14H25N3O3. The van der Waals surface area contributed by atoms with E-state index >= 15 is 0 Å². The van der Waals surface area contributed by atoms with E-state index in [1.54, 1.807) is 12.0 Å². The van der Waals surface area contributed by atoms with Crippen LogP contribution in [0, 0.1) is 11.8 Å². The molecule has 2 rings (SSSR count). The predicted octanol–water partition coefficient (Wildman–Crippen LogP) is -0.323. The third-order valence-corrected chi connectivity index (χ3v) is 4.41. The first kappa shape index (κ1) is 15.3. The van der Waals surface area contributed by atoms with Crippen LogP contribution in [-0.4, -0.2) is 67.6 Å². The Labute approximate surface area is 120 Å². The van der Waals surface area contributed by atoms with Crippen LogP contribution in [0.4, 0.5) is 0 Å². The molecule has 3 atom stereocenters. The van der Waals surface area contributed by atoms with E-state index in [9.17, 15) is 9.59 Å². The van der Waals surface area contributed by atoms with Gasteiger partial charge in [0.1, 0.15) is 0 Å². The van der Waals surface area contributed by atoms with Gasteiger partial charge in [0.05, 0.1) is 12.5 Å². The monoisotopic (exact) mass is 283 g/mol. The maximum atomic E-state index is 12.6. The zero-order chi connectivity index (χ0) is 14.7. The average Bonchev–Trinajstić information content (AvgIpc) is 2.99. The van der Waals surface area contributed by atoms with Crippen LogP contribution in [0.15, 0.2) is 0 Å². The summed E-state index contributed by atoms with van der Waals surface area (Å²) in [6.07, 6.45) is 1.30. The van der Waals surface area contributed by atoms with E-state index in [1.807, 2.05) is 4.90 Å². The summed E-state index contributed by atoms with van der Waals surface area (Å²) in [6, 6.07) is 0.235. The summed E-state index contributed by atoms with van der Waals surface area (Å²) in [7, 11) is 1.61. The van der Waals surface area contributed by atoms with Gasteiger partial charge in [-0.15, -0.1) is 0 Å². The number of methoxy groups -OCH3 is 1. The van der Waals surface area contributed by atoms with Crippen LogP contribution in [-0.2, 0) is 14.3 Å². The molecule has 6 heteroatoms. The van der Waals surface area contributed by atoms with Crippen LogP contribution in [0.5, 0.6) is 0 Å². The third kappa shape index (κ3) is 3.12. The Morgan fingerprint density at radius 3 is 2.80 bits per heavy atom. The van der Waals surface area contributed by atoms with Gasteiger partial charge in [-0.2, -0.15) is 0 Å². The maximum absolute atomic E-state index is 12.6. The largest absolute Gasteiger partial charge is 0.383 e. The number of ether oxygens (including phenoxy) is 1. The molecule has 114 valence electrons. The van der Waals surface area contributed by atoms with E-state index in [4.69, 9.17) is 10.5 Å². The first-order chi connectivity index (χ1) is 9.56. The molecule has 0 spiro atoms. The van der Waals surface area contributed by atoms with Crippen molar-refractivity contribution in [3.63, 3.8) is 0 Å². The molecule has 2 fully saturated rings. The first-order valence-electron chi connectivity index (χ1n) is 7.34. The summed E-state index contributed by atoms with van der Waals surface area (Å²) < 4.78 is 4.99. The van der Waals surface area contributed by atoms with Crippen molar-refractivity contribution in [2.24, 2.45) is 17.6 Å². The van der Waals surface area contributed by atoms with Gasteiger partial charge < -0.3 is 20.3 Å². The Kier molecular flexibility index (Phi) is 4.99. The lowest BCUT2D eigenvalue weighted by molar-refractivity contribution is -0.136. The van der Waals surface area contributed by atoms with Gasteiger partial charge in [0, 0.05) is 39.2 Å². The summed E-state index contributed by atoms with van der Waals surface area (Å²) in [5.74, 6) is 0.373. The second kappa shape index (κ2) is 6.54. The third-order valence-electron chi connectivity index (χ3n) is 4.41. The summed E-state index contributed by atoms with van der Waals surface area (Å²) >= 11 is 0. The van der Waals surface area contributed by atoms with Crippen LogP contribution < -0.4 is 5.73 Å².